The minimum atomic E-state index is 0.505. The molecule has 12 heavy (non-hydrogen) atoms. The van der Waals surface area contributed by atoms with Crippen molar-refractivity contribution in [1.29, 1.82) is 0 Å². The quantitative estimate of drug-likeness (QED) is 0.859. The summed E-state index contributed by atoms with van der Waals surface area (Å²) in [4.78, 5) is 1.09. The molecule has 0 aliphatic heterocycles. The van der Waals surface area contributed by atoms with Crippen LogP contribution >= 0.6 is 38.6 Å². The minimum Gasteiger partial charge on any atom is -0.374 e. The highest BCUT2D eigenvalue weighted by Gasteiger charge is 2.08. The highest BCUT2D eigenvalue weighted by atomic mass is 79.9. The zero-order chi connectivity index (χ0) is 8.55. The maximum absolute atomic E-state index is 5.47. The number of anilines is 1. The lowest BCUT2D eigenvalue weighted by Gasteiger charge is -1.87. The van der Waals surface area contributed by atoms with Gasteiger partial charge in [-0.3, -0.25) is 0 Å². The van der Waals surface area contributed by atoms with E-state index in [1.54, 1.807) is 11.3 Å². The van der Waals surface area contributed by atoms with Crippen molar-refractivity contribution in [2.75, 3.05) is 5.73 Å². The standard InChI is InChI=1S/C6H4BrN3S2/c7-3-1-2-11-4(3)5-9-10-6(8)12-5/h1-2H,(H2,8,10). The third kappa shape index (κ3) is 1.37. The summed E-state index contributed by atoms with van der Waals surface area (Å²) in [6, 6.07) is 1.98. The molecule has 0 aliphatic rings. The Hall–Kier alpha value is -0.460. The summed E-state index contributed by atoms with van der Waals surface area (Å²) < 4.78 is 1.05. The summed E-state index contributed by atoms with van der Waals surface area (Å²) in [7, 11) is 0. The van der Waals surface area contributed by atoms with E-state index in [2.05, 4.69) is 26.1 Å². The van der Waals surface area contributed by atoms with Gasteiger partial charge in [0.2, 0.25) is 5.13 Å². The number of thiophene rings is 1. The highest BCUT2D eigenvalue weighted by molar-refractivity contribution is 9.10. The van der Waals surface area contributed by atoms with Crippen molar-refractivity contribution in [1.82, 2.24) is 10.2 Å². The van der Waals surface area contributed by atoms with E-state index in [1.807, 2.05) is 11.4 Å². The van der Waals surface area contributed by atoms with Crippen LogP contribution in [0, 0.1) is 0 Å². The summed E-state index contributed by atoms with van der Waals surface area (Å²) in [5.41, 5.74) is 5.47. The smallest absolute Gasteiger partial charge is 0.203 e. The van der Waals surface area contributed by atoms with Gasteiger partial charge in [-0.2, -0.15) is 0 Å². The van der Waals surface area contributed by atoms with E-state index in [9.17, 15) is 0 Å². The molecule has 0 amide bonds. The Morgan fingerprint density at radius 1 is 1.42 bits per heavy atom. The average Bonchev–Trinajstić information content (AvgIpc) is 2.58. The molecule has 0 saturated carbocycles. The number of halogens is 1. The Kier molecular flexibility index (Phi) is 2.12. The second kappa shape index (κ2) is 3.12. The fourth-order valence-electron chi connectivity index (χ4n) is 0.773. The SMILES string of the molecule is Nc1nnc(-c2sccc2Br)s1. The number of nitrogens with two attached hydrogens (primary N) is 1. The van der Waals surface area contributed by atoms with Crippen LogP contribution in [-0.2, 0) is 0 Å². The topological polar surface area (TPSA) is 51.8 Å². The Balaban J connectivity index is 2.50. The van der Waals surface area contributed by atoms with Gasteiger partial charge in [-0.15, -0.1) is 21.5 Å². The van der Waals surface area contributed by atoms with Gasteiger partial charge in [-0.25, -0.2) is 0 Å². The number of rotatable bonds is 1. The monoisotopic (exact) mass is 261 g/mol. The van der Waals surface area contributed by atoms with Crippen molar-refractivity contribution in [3.05, 3.63) is 15.9 Å². The predicted octanol–water partition coefficient (Wildman–Crippen LogP) is 2.61. The molecule has 2 rings (SSSR count). The molecule has 6 heteroatoms. The van der Waals surface area contributed by atoms with Gasteiger partial charge < -0.3 is 5.73 Å². The van der Waals surface area contributed by atoms with Crippen molar-refractivity contribution in [3.8, 4) is 9.88 Å². The Labute approximate surface area is 85.4 Å². The molecule has 0 spiro atoms. The lowest BCUT2D eigenvalue weighted by Crippen LogP contribution is -1.79. The second-order valence-electron chi connectivity index (χ2n) is 2.04. The first-order valence-electron chi connectivity index (χ1n) is 3.09. The van der Waals surface area contributed by atoms with Gasteiger partial charge in [-0.05, 0) is 27.4 Å². The third-order valence-corrected chi connectivity index (χ3v) is 4.00. The van der Waals surface area contributed by atoms with Crippen LogP contribution in [0.1, 0.15) is 0 Å². The van der Waals surface area contributed by atoms with Gasteiger partial charge in [0, 0.05) is 4.47 Å². The van der Waals surface area contributed by atoms with Crippen molar-refractivity contribution >= 4 is 43.7 Å². The molecule has 0 saturated heterocycles. The van der Waals surface area contributed by atoms with Gasteiger partial charge >= 0.3 is 0 Å². The van der Waals surface area contributed by atoms with Crippen molar-refractivity contribution in [2.45, 2.75) is 0 Å². The molecular weight excluding hydrogens is 258 g/mol. The number of hydrogen-bond donors (Lipinski definition) is 1. The van der Waals surface area contributed by atoms with Crippen LogP contribution in [0.3, 0.4) is 0 Å². The molecule has 3 nitrogen and oxygen atoms in total. The van der Waals surface area contributed by atoms with Crippen LogP contribution < -0.4 is 5.73 Å². The summed E-state index contributed by atoms with van der Waals surface area (Å²) in [5, 5.41) is 11.1. The summed E-state index contributed by atoms with van der Waals surface area (Å²) in [6.45, 7) is 0. The van der Waals surface area contributed by atoms with E-state index in [1.165, 1.54) is 11.3 Å². The van der Waals surface area contributed by atoms with Gasteiger partial charge in [0.25, 0.3) is 0 Å². The van der Waals surface area contributed by atoms with Crippen LogP contribution in [-0.4, -0.2) is 10.2 Å². The molecule has 0 fully saturated rings. The van der Waals surface area contributed by atoms with E-state index in [0.29, 0.717) is 5.13 Å². The number of hydrogen-bond acceptors (Lipinski definition) is 5. The van der Waals surface area contributed by atoms with Crippen LogP contribution in [0.2, 0.25) is 0 Å². The molecule has 0 aromatic carbocycles. The molecular formula is C6H4BrN3S2. The first-order chi connectivity index (χ1) is 5.77. The zero-order valence-electron chi connectivity index (χ0n) is 5.82. The molecule has 0 aliphatic carbocycles. The van der Waals surface area contributed by atoms with Gasteiger partial charge in [-0.1, -0.05) is 11.3 Å². The zero-order valence-corrected chi connectivity index (χ0v) is 9.04. The lowest BCUT2D eigenvalue weighted by molar-refractivity contribution is 1.10. The fraction of sp³-hybridized carbons (Fsp3) is 0. The van der Waals surface area contributed by atoms with E-state index < -0.39 is 0 Å². The fourth-order valence-corrected chi connectivity index (χ4v) is 3.18. The van der Waals surface area contributed by atoms with E-state index >= 15 is 0 Å². The van der Waals surface area contributed by atoms with Crippen LogP contribution in [0.4, 0.5) is 5.13 Å². The molecule has 2 aromatic heterocycles. The van der Waals surface area contributed by atoms with Crippen molar-refractivity contribution in [2.24, 2.45) is 0 Å². The average molecular weight is 262 g/mol. The molecule has 0 atom stereocenters. The number of nitrogen functional groups attached to an aromatic ring is 1. The lowest BCUT2D eigenvalue weighted by atomic mass is 10.5. The summed E-state index contributed by atoms with van der Waals surface area (Å²) in [6.07, 6.45) is 0. The molecule has 0 bridgehead atoms. The largest absolute Gasteiger partial charge is 0.374 e. The van der Waals surface area contributed by atoms with Crippen LogP contribution in [0.25, 0.3) is 9.88 Å². The molecule has 0 radical (unpaired) electrons. The third-order valence-electron chi connectivity index (χ3n) is 1.25. The normalized spacial score (nSPS) is 10.4. The van der Waals surface area contributed by atoms with Crippen LogP contribution in [0.15, 0.2) is 15.9 Å². The molecule has 0 unspecified atom stereocenters. The highest BCUT2D eigenvalue weighted by Crippen LogP contribution is 2.35. The molecule has 62 valence electrons. The summed E-state index contributed by atoms with van der Waals surface area (Å²) >= 11 is 6.44. The van der Waals surface area contributed by atoms with Gasteiger partial charge in [0.15, 0.2) is 5.01 Å². The predicted molar refractivity (Wildman–Crippen MR) is 55.3 cm³/mol. The van der Waals surface area contributed by atoms with Crippen molar-refractivity contribution < 1.29 is 0 Å². The van der Waals surface area contributed by atoms with Gasteiger partial charge in [0.05, 0.1) is 4.88 Å². The van der Waals surface area contributed by atoms with E-state index in [0.717, 1.165) is 14.4 Å². The van der Waals surface area contributed by atoms with Gasteiger partial charge in [0.1, 0.15) is 0 Å². The van der Waals surface area contributed by atoms with E-state index in [-0.39, 0.29) is 0 Å². The minimum absolute atomic E-state index is 0.505. The molecule has 2 heterocycles. The Morgan fingerprint density at radius 2 is 2.25 bits per heavy atom. The second-order valence-corrected chi connectivity index (χ2v) is 4.82. The first kappa shape index (κ1) is 8.15. The maximum atomic E-state index is 5.47. The maximum Gasteiger partial charge on any atom is 0.203 e. The number of aromatic nitrogens is 2. The van der Waals surface area contributed by atoms with Crippen LogP contribution in [0.5, 0.6) is 0 Å². The molecule has 2 N–H and O–H groups in total. The number of nitrogens with zero attached hydrogens (tertiary/aromatic N) is 2. The van der Waals surface area contributed by atoms with Crippen molar-refractivity contribution in [3.63, 3.8) is 0 Å². The Bertz CT molecular complexity index is 395. The Morgan fingerprint density at radius 3 is 2.75 bits per heavy atom. The summed E-state index contributed by atoms with van der Waals surface area (Å²) in [5.74, 6) is 0. The van der Waals surface area contributed by atoms with E-state index in [4.69, 9.17) is 5.73 Å². The first-order valence-corrected chi connectivity index (χ1v) is 5.58. The molecule has 2 aromatic rings.